The lowest BCUT2D eigenvalue weighted by atomic mass is 9.78. The summed E-state index contributed by atoms with van der Waals surface area (Å²) < 4.78 is 26.9. The van der Waals surface area contributed by atoms with E-state index in [2.05, 4.69) is 10.0 Å². The van der Waals surface area contributed by atoms with Gasteiger partial charge in [-0.15, -0.1) is 0 Å². The van der Waals surface area contributed by atoms with Gasteiger partial charge in [-0.3, -0.25) is 14.9 Å². The molecule has 2 rings (SSSR count). The van der Waals surface area contributed by atoms with Crippen LogP contribution < -0.4 is 10.0 Å². The van der Waals surface area contributed by atoms with Crippen molar-refractivity contribution in [1.82, 2.24) is 10.0 Å². The molecule has 0 saturated carbocycles. The Labute approximate surface area is 173 Å². The van der Waals surface area contributed by atoms with Gasteiger partial charge in [0.25, 0.3) is 5.69 Å². The predicted molar refractivity (Wildman–Crippen MR) is 109 cm³/mol. The van der Waals surface area contributed by atoms with Crippen LogP contribution in [-0.2, 0) is 19.6 Å². The molecule has 0 saturated heterocycles. The molecule has 3 N–H and O–H groups in total. The molecule has 0 fully saturated rings. The second-order valence-corrected chi connectivity index (χ2v) is 8.97. The van der Waals surface area contributed by atoms with E-state index in [1.54, 1.807) is 13.8 Å². The van der Waals surface area contributed by atoms with Gasteiger partial charge in [-0.1, -0.05) is 18.2 Å². The molecule has 1 aromatic carbocycles. The highest BCUT2D eigenvalue weighted by Gasteiger charge is 2.40. The minimum Gasteiger partial charge on any atom is -0.478 e. The Kier molecular flexibility index (Phi) is 6.78. The van der Waals surface area contributed by atoms with Gasteiger partial charge < -0.3 is 10.4 Å². The molecule has 1 atom stereocenters. The fraction of sp³-hybridized carbons (Fsp3) is 0.368. The molecule has 0 bridgehead atoms. The fourth-order valence-corrected chi connectivity index (χ4v) is 4.81. The lowest BCUT2D eigenvalue weighted by Gasteiger charge is -2.30. The number of ketones is 1. The monoisotopic (exact) mass is 437 g/mol. The number of nitrogens with zero attached hydrogens (tertiary/aromatic N) is 1. The van der Waals surface area contributed by atoms with E-state index < -0.39 is 44.4 Å². The molecule has 0 spiro atoms. The van der Waals surface area contributed by atoms with Crippen molar-refractivity contribution in [3.63, 3.8) is 0 Å². The van der Waals surface area contributed by atoms with Gasteiger partial charge in [0.2, 0.25) is 10.0 Å². The summed E-state index contributed by atoms with van der Waals surface area (Å²) in [6.45, 7) is 6.17. The first-order valence-corrected chi connectivity index (χ1v) is 10.7. The number of carboxylic acids is 1. The zero-order valence-electron chi connectivity index (χ0n) is 16.9. The molecule has 1 unspecified atom stereocenters. The van der Waals surface area contributed by atoms with E-state index in [4.69, 9.17) is 0 Å². The van der Waals surface area contributed by atoms with Crippen LogP contribution in [0.2, 0.25) is 0 Å². The maximum Gasteiger partial charge on any atom is 0.334 e. The van der Waals surface area contributed by atoms with Crippen LogP contribution in [0.3, 0.4) is 0 Å². The van der Waals surface area contributed by atoms with Crippen LogP contribution in [0.15, 0.2) is 46.8 Å². The number of hydrogen-bond donors (Lipinski definition) is 3. The SMILES string of the molecule is CC1=C(C(=O)O)C(c2ccccc2[N+](=O)[O-])C(C(=O)CS(=O)(=O)NC(C)C)=C(C)N1. The summed E-state index contributed by atoms with van der Waals surface area (Å²) in [6, 6.07) is 5.06. The first-order chi connectivity index (χ1) is 13.9. The average molecular weight is 437 g/mol. The molecular weight excluding hydrogens is 414 g/mol. The number of rotatable bonds is 8. The van der Waals surface area contributed by atoms with E-state index in [0.717, 1.165) is 0 Å². The molecule has 0 aromatic heterocycles. The van der Waals surface area contributed by atoms with Crippen molar-refractivity contribution in [1.29, 1.82) is 0 Å². The molecule has 30 heavy (non-hydrogen) atoms. The Balaban J connectivity index is 2.68. The largest absolute Gasteiger partial charge is 0.478 e. The predicted octanol–water partition coefficient (Wildman–Crippen LogP) is 1.81. The number of carboxylic acid groups (broad SMARTS) is 1. The molecule has 10 nitrogen and oxygen atoms in total. The summed E-state index contributed by atoms with van der Waals surface area (Å²) >= 11 is 0. The molecule has 1 aliphatic heterocycles. The van der Waals surface area contributed by atoms with Crippen LogP contribution >= 0.6 is 0 Å². The summed E-state index contributed by atoms with van der Waals surface area (Å²) in [4.78, 5) is 35.9. The summed E-state index contributed by atoms with van der Waals surface area (Å²) in [7, 11) is -3.99. The number of hydrogen-bond acceptors (Lipinski definition) is 7. The maximum absolute atomic E-state index is 13.0. The Bertz CT molecular complexity index is 1070. The molecule has 0 radical (unpaired) electrons. The van der Waals surface area contributed by atoms with Crippen molar-refractivity contribution < 1.29 is 28.0 Å². The number of benzene rings is 1. The molecule has 162 valence electrons. The van der Waals surface area contributed by atoms with E-state index in [1.165, 1.54) is 38.1 Å². The Morgan fingerprint density at radius 1 is 1.20 bits per heavy atom. The third-order valence-corrected chi connectivity index (χ3v) is 5.94. The molecule has 1 aliphatic rings. The smallest absolute Gasteiger partial charge is 0.334 e. The first kappa shape index (κ1) is 23.2. The highest BCUT2D eigenvalue weighted by molar-refractivity contribution is 7.90. The number of sulfonamides is 1. The Morgan fingerprint density at radius 2 is 1.77 bits per heavy atom. The lowest BCUT2D eigenvalue weighted by molar-refractivity contribution is -0.385. The zero-order valence-corrected chi connectivity index (χ0v) is 17.7. The van der Waals surface area contributed by atoms with Crippen LogP contribution in [0, 0.1) is 10.1 Å². The number of aliphatic carboxylic acids is 1. The third kappa shape index (κ3) is 4.92. The standard InChI is InChI=1S/C19H23N3O7S/c1-10(2)21-30(28,29)9-15(23)16-11(3)20-12(4)17(19(24)25)18(16)13-7-5-6-8-14(13)22(26)27/h5-8,10,18,20-21H,9H2,1-4H3,(H,24,25). The highest BCUT2D eigenvalue weighted by Crippen LogP contribution is 2.42. The van der Waals surface area contributed by atoms with Gasteiger partial charge in [-0.25, -0.2) is 17.9 Å². The summed E-state index contributed by atoms with van der Waals surface area (Å²) in [5.74, 6) is -4.43. The number of Topliss-reactive ketones (excluding diaryl/α,β-unsaturated/α-hetero) is 1. The van der Waals surface area contributed by atoms with Gasteiger partial charge >= 0.3 is 5.97 Å². The summed E-state index contributed by atoms with van der Waals surface area (Å²) in [6.07, 6.45) is 0. The Morgan fingerprint density at radius 3 is 2.30 bits per heavy atom. The van der Waals surface area contributed by atoms with E-state index >= 15 is 0 Å². The molecule has 0 amide bonds. The van der Waals surface area contributed by atoms with Crippen molar-refractivity contribution in [2.45, 2.75) is 39.7 Å². The van der Waals surface area contributed by atoms with E-state index in [0.29, 0.717) is 0 Å². The van der Waals surface area contributed by atoms with Gasteiger partial charge in [0.15, 0.2) is 5.78 Å². The number of carbonyl (C=O) groups excluding carboxylic acids is 1. The summed E-state index contributed by atoms with van der Waals surface area (Å²) in [5.41, 5.74) is -0.308. The quantitative estimate of drug-likeness (QED) is 0.411. The second kappa shape index (κ2) is 8.76. The lowest BCUT2D eigenvalue weighted by Crippen LogP contribution is -2.38. The van der Waals surface area contributed by atoms with E-state index in [9.17, 15) is 33.2 Å². The molecule has 0 aliphatic carbocycles. The number of dihydropyridines is 1. The molecule has 11 heteroatoms. The van der Waals surface area contributed by atoms with Crippen LogP contribution in [0.1, 0.15) is 39.2 Å². The zero-order chi connectivity index (χ0) is 22.8. The minimum absolute atomic E-state index is 0.00216. The van der Waals surface area contributed by atoms with Crippen molar-refractivity contribution in [2.24, 2.45) is 0 Å². The Hall–Kier alpha value is -3.05. The van der Waals surface area contributed by atoms with Gasteiger partial charge in [-0.2, -0.15) is 0 Å². The molecular formula is C19H23N3O7S. The average Bonchev–Trinajstić information content (AvgIpc) is 2.58. The summed E-state index contributed by atoms with van der Waals surface area (Å²) in [5, 5.41) is 24.1. The number of nitrogens with one attached hydrogen (secondary N) is 2. The number of allylic oxidation sites excluding steroid dienone is 3. The van der Waals surface area contributed by atoms with Crippen molar-refractivity contribution in [3.8, 4) is 0 Å². The number of para-hydroxylation sites is 1. The van der Waals surface area contributed by atoms with Crippen LogP contribution in [0.4, 0.5) is 5.69 Å². The minimum atomic E-state index is -3.99. The van der Waals surface area contributed by atoms with Crippen molar-refractivity contribution >= 4 is 27.5 Å². The molecule has 1 heterocycles. The van der Waals surface area contributed by atoms with E-state index in [-0.39, 0.29) is 33.8 Å². The highest BCUT2D eigenvalue weighted by atomic mass is 32.2. The van der Waals surface area contributed by atoms with Gasteiger partial charge in [0, 0.05) is 34.6 Å². The van der Waals surface area contributed by atoms with Crippen LogP contribution in [0.5, 0.6) is 0 Å². The third-order valence-electron chi connectivity index (χ3n) is 4.47. The van der Waals surface area contributed by atoms with Crippen LogP contribution in [0.25, 0.3) is 0 Å². The van der Waals surface area contributed by atoms with Gasteiger partial charge in [0.05, 0.1) is 16.4 Å². The second-order valence-electron chi connectivity index (χ2n) is 7.21. The fourth-order valence-electron chi connectivity index (χ4n) is 3.51. The van der Waals surface area contributed by atoms with Crippen LogP contribution in [-0.4, -0.2) is 42.0 Å². The topological polar surface area (TPSA) is 156 Å². The van der Waals surface area contributed by atoms with Crippen molar-refractivity contribution in [2.75, 3.05) is 5.75 Å². The number of nitro groups is 1. The van der Waals surface area contributed by atoms with E-state index in [1.807, 2.05) is 0 Å². The van der Waals surface area contributed by atoms with Crippen molar-refractivity contribution in [3.05, 3.63) is 62.5 Å². The van der Waals surface area contributed by atoms with Gasteiger partial charge in [-0.05, 0) is 27.7 Å². The number of carbonyl (C=O) groups is 2. The first-order valence-electron chi connectivity index (χ1n) is 9.04. The normalized spacial score (nSPS) is 17.2. The molecule has 1 aromatic rings. The number of nitro benzene ring substituents is 1. The maximum atomic E-state index is 13.0. The van der Waals surface area contributed by atoms with Gasteiger partial charge in [0.1, 0.15) is 5.75 Å².